The van der Waals surface area contributed by atoms with E-state index in [2.05, 4.69) is 45.6 Å². The summed E-state index contributed by atoms with van der Waals surface area (Å²) in [6, 6.07) is 14.4. The zero-order valence-electron chi connectivity index (χ0n) is 18.6. The molecule has 2 aliphatic rings. The quantitative estimate of drug-likeness (QED) is 0.515. The smallest absolute Gasteiger partial charge is 0.342 e. The molecule has 1 amide bonds. The van der Waals surface area contributed by atoms with Crippen LogP contribution in [0.1, 0.15) is 19.3 Å². The number of amides is 1. The molecular formula is C25H26N6O2. The number of H-pyrrole nitrogens is 1. The fourth-order valence-electron chi connectivity index (χ4n) is 4.84. The number of nitrogens with one attached hydrogen (secondary N) is 1. The fourth-order valence-corrected chi connectivity index (χ4v) is 4.84. The average Bonchev–Trinajstić information content (AvgIpc) is 3.28. The van der Waals surface area contributed by atoms with Gasteiger partial charge in [-0.25, -0.2) is 9.48 Å². The summed E-state index contributed by atoms with van der Waals surface area (Å²) in [5, 5.41) is 12.7. The van der Waals surface area contributed by atoms with Gasteiger partial charge in [-0.3, -0.25) is 14.5 Å². The van der Waals surface area contributed by atoms with Gasteiger partial charge in [0.25, 0.3) is 0 Å². The van der Waals surface area contributed by atoms with Crippen molar-refractivity contribution in [2.45, 2.75) is 25.8 Å². The van der Waals surface area contributed by atoms with Crippen LogP contribution in [-0.2, 0) is 18.4 Å². The number of fused-ring (bicyclic) bond motifs is 1. The third kappa shape index (κ3) is 3.65. The summed E-state index contributed by atoms with van der Waals surface area (Å²) >= 11 is 0. The Balaban J connectivity index is 1.25. The fraction of sp³-hybridized carbons (Fsp3) is 0.360. The molecule has 0 radical (unpaired) electrons. The average molecular weight is 443 g/mol. The Hall–Kier alpha value is -3.68. The molecule has 1 unspecified atom stereocenters. The summed E-state index contributed by atoms with van der Waals surface area (Å²) in [6.07, 6.45) is 4.79. The minimum atomic E-state index is -0.120. The minimum Gasteiger partial charge on any atom is -0.342 e. The van der Waals surface area contributed by atoms with Crippen LogP contribution in [-0.4, -0.2) is 48.4 Å². The number of carbonyl (C=O) groups is 1. The van der Waals surface area contributed by atoms with Gasteiger partial charge < -0.3 is 4.90 Å². The van der Waals surface area contributed by atoms with Gasteiger partial charge in [-0.2, -0.15) is 5.10 Å². The third-order valence-electron chi connectivity index (χ3n) is 6.89. The van der Waals surface area contributed by atoms with E-state index in [0.29, 0.717) is 18.3 Å². The number of likely N-dealkylation sites (tertiary alicyclic amines) is 1. The van der Waals surface area contributed by atoms with Gasteiger partial charge in [0, 0.05) is 43.5 Å². The Bertz CT molecular complexity index is 1390. The molecule has 1 aliphatic heterocycles. The maximum atomic E-state index is 12.8. The maximum Gasteiger partial charge on any atom is 0.345 e. The molecule has 6 rings (SSSR count). The predicted octanol–water partition coefficient (Wildman–Crippen LogP) is 3.05. The van der Waals surface area contributed by atoms with E-state index in [4.69, 9.17) is 0 Å². The standard InChI is InChI=1S/C25H26N6O2/c1-29-25(33)31(15-16-10-11-30(14-16)24(32)19-6-7-19)23(28-29)18-4-2-17(3-5-18)20-8-9-21-13-26-27-22(21)12-20/h2-5,8-9,12-13,16,19H,6-7,10-11,14-15H2,1H3,(H,26,27). The van der Waals surface area contributed by atoms with Crippen molar-refractivity contribution in [3.8, 4) is 22.5 Å². The molecule has 3 heterocycles. The largest absolute Gasteiger partial charge is 0.345 e. The topological polar surface area (TPSA) is 88.8 Å². The Morgan fingerprint density at radius 1 is 1.06 bits per heavy atom. The summed E-state index contributed by atoms with van der Waals surface area (Å²) < 4.78 is 3.17. The van der Waals surface area contributed by atoms with Gasteiger partial charge >= 0.3 is 5.69 Å². The van der Waals surface area contributed by atoms with Crippen LogP contribution in [0.15, 0.2) is 53.5 Å². The molecule has 0 bridgehead atoms. The van der Waals surface area contributed by atoms with Crippen molar-refractivity contribution in [3.63, 3.8) is 0 Å². The zero-order chi connectivity index (χ0) is 22.5. The first-order chi connectivity index (χ1) is 16.1. The second-order valence-electron chi connectivity index (χ2n) is 9.30. The molecule has 2 fully saturated rings. The molecule has 1 atom stereocenters. The number of aromatic nitrogens is 5. The van der Waals surface area contributed by atoms with Crippen LogP contribution >= 0.6 is 0 Å². The van der Waals surface area contributed by atoms with Crippen LogP contribution in [0.25, 0.3) is 33.4 Å². The third-order valence-corrected chi connectivity index (χ3v) is 6.89. The van der Waals surface area contributed by atoms with E-state index < -0.39 is 0 Å². The van der Waals surface area contributed by atoms with Gasteiger partial charge in [0.05, 0.1) is 11.7 Å². The van der Waals surface area contributed by atoms with Crippen LogP contribution in [0.3, 0.4) is 0 Å². The van der Waals surface area contributed by atoms with Crippen molar-refractivity contribution in [2.24, 2.45) is 18.9 Å². The van der Waals surface area contributed by atoms with Crippen LogP contribution < -0.4 is 5.69 Å². The molecule has 1 N–H and O–H groups in total. The van der Waals surface area contributed by atoms with E-state index in [0.717, 1.165) is 59.9 Å². The molecule has 0 spiro atoms. The Morgan fingerprint density at radius 3 is 2.61 bits per heavy atom. The molecule has 8 nitrogen and oxygen atoms in total. The van der Waals surface area contributed by atoms with Crippen molar-refractivity contribution in [2.75, 3.05) is 13.1 Å². The summed E-state index contributed by atoms with van der Waals surface area (Å²) in [5.74, 6) is 1.48. The molecule has 2 aromatic heterocycles. The molecule has 1 aliphatic carbocycles. The number of aryl methyl sites for hydroxylation is 1. The van der Waals surface area contributed by atoms with Gasteiger partial charge in [-0.05, 0) is 42.4 Å². The number of hydrogen-bond acceptors (Lipinski definition) is 4. The molecule has 4 aromatic rings. The van der Waals surface area contributed by atoms with E-state index in [1.165, 1.54) is 4.68 Å². The number of hydrogen-bond donors (Lipinski definition) is 1. The Labute approximate surface area is 190 Å². The van der Waals surface area contributed by atoms with Crippen LogP contribution in [0.2, 0.25) is 0 Å². The first kappa shape index (κ1) is 20.0. The minimum absolute atomic E-state index is 0.120. The normalized spacial score (nSPS) is 18.3. The molecular weight excluding hydrogens is 416 g/mol. The highest BCUT2D eigenvalue weighted by atomic mass is 16.2. The second kappa shape index (κ2) is 7.72. The van der Waals surface area contributed by atoms with Crippen molar-refractivity contribution in [1.82, 2.24) is 29.4 Å². The SMILES string of the molecule is Cn1nc(-c2ccc(-c3ccc4cn[nH]c4c3)cc2)n(CC2CCN(C(=O)C3CC3)C2)c1=O. The number of rotatable bonds is 5. The molecule has 8 heteroatoms. The predicted molar refractivity (Wildman–Crippen MR) is 125 cm³/mol. The zero-order valence-corrected chi connectivity index (χ0v) is 18.6. The summed E-state index contributed by atoms with van der Waals surface area (Å²) in [4.78, 5) is 27.2. The first-order valence-electron chi connectivity index (χ1n) is 11.5. The lowest BCUT2D eigenvalue weighted by atomic mass is 10.0. The highest BCUT2D eigenvalue weighted by Gasteiger charge is 2.36. The molecule has 168 valence electrons. The highest BCUT2D eigenvalue weighted by Crippen LogP contribution is 2.33. The van der Waals surface area contributed by atoms with Gasteiger partial charge in [-0.1, -0.05) is 36.4 Å². The van der Waals surface area contributed by atoms with E-state index >= 15 is 0 Å². The van der Waals surface area contributed by atoms with Crippen molar-refractivity contribution in [1.29, 1.82) is 0 Å². The lowest BCUT2D eigenvalue weighted by molar-refractivity contribution is -0.131. The first-order valence-corrected chi connectivity index (χ1v) is 11.5. The lowest BCUT2D eigenvalue weighted by Crippen LogP contribution is -2.31. The second-order valence-corrected chi connectivity index (χ2v) is 9.30. The highest BCUT2D eigenvalue weighted by molar-refractivity contribution is 5.84. The van der Waals surface area contributed by atoms with E-state index in [-0.39, 0.29) is 17.5 Å². The van der Waals surface area contributed by atoms with Crippen molar-refractivity contribution in [3.05, 3.63) is 59.1 Å². The number of benzene rings is 2. The molecule has 1 saturated carbocycles. The summed E-state index contributed by atoms with van der Waals surface area (Å²) in [5.41, 5.74) is 3.97. The van der Waals surface area contributed by atoms with Crippen LogP contribution in [0.5, 0.6) is 0 Å². The molecule has 1 saturated heterocycles. The number of aromatic amines is 1. The monoisotopic (exact) mass is 442 g/mol. The summed E-state index contributed by atoms with van der Waals surface area (Å²) in [6.45, 7) is 2.10. The van der Waals surface area contributed by atoms with Crippen molar-refractivity contribution >= 4 is 16.8 Å². The van der Waals surface area contributed by atoms with E-state index in [1.807, 2.05) is 23.2 Å². The number of carbonyl (C=O) groups excluding carboxylic acids is 1. The lowest BCUT2D eigenvalue weighted by Gasteiger charge is -2.16. The van der Waals surface area contributed by atoms with E-state index in [9.17, 15) is 9.59 Å². The maximum absolute atomic E-state index is 12.8. The van der Waals surface area contributed by atoms with Gasteiger partial charge in [-0.15, -0.1) is 5.10 Å². The van der Waals surface area contributed by atoms with Gasteiger partial charge in [0.2, 0.25) is 5.91 Å². The number of nitrogens with zero attached hydrogens (tertiary/aromatic N) is 5. The van der Waals surface area contributed by atoms with Crippen LogP contribution in [0, 0.1) is 11.8 Å². The molecule has 2 aromatic carbocycles. The molecule has 33 heavy (non-hydrogen) atoms. The Kier molecular flexibility index (Phi) is 4.67. The van der Waals surface area contributed by atoms with Gasteiger partial charge in [0.15, 0.2) is 5.82 Å². The van der Waals surface area contributed by atoms with Crippen LogP contribution in [0.4, 0.5) is 0 Å². The Morgan fingerprint density at radius 2 is 1.82 bits per heavy atom. The summed E-state index contributed by atoms with van der Waals surface area (Å²) in [7, 11) is 1.69. The van der Waals surface area contributed by atoms with Crippen molar-refractivity contribution < 1.29 is 4.79 Å². The van der Waals surface area contributed by atoms with Gasteiger partial charge in [0.1, 0.15) is 0 Å². The van der Waals surface area contributed by atoms with E-state index in [1.54, 1.807) is 11.6 Å².